The molecule has 0 aliphatic carbocycles. The van der Waals surface area contributed by atoms with Crippen LogP contribution in [0.4, 0.5) is 0 Å². The topological polar surface area (TPSA) is 51.7 Å². The third-order valence-corrected chi connectivity index (χ3v) is 7.04. The second-order valence-corrected chi connectivity index (χ2v) is 8.46. The molecule has 6 heteroatoms. The van der Waals surface area contributed by atoms with Crippen molar-refractivity contribution in [2.45, 2.75) is 0 Å². The summed E-state index contributed by atoms with van der Waals surface area (Å²) < 4.78 is 13.6. The highest BCUT2D eigenvalue weighted by molar-refractivity contribution is 7.00. The first-order chi connectivity index (χ1) is 15.3. The van der Waals surface area contributed by atoms with E-state index in [1.165, 1.54) is 11.7 Å². The van der Waals surface area contributed by atoms with Crippen molar-refractivity contribution in [3.05, 3.63) is 83.2 Å². The Balaban J connectivity index is 1.99. The van der Waals surface area contributed by atoms with Gasteiger partial charge in [0.05, 0.1) is 44.7 Å². The Bertz CT molecular complexity index is 2080. The predicted molar refractivity (Wildman–Crippen MR) is 127 cm³/mol. The van der Waals surface area contributed by atoms with E-state index in [-0.39, 0.29) is 5.56 Å². The molecule has 0 aliphatic heterocycles. The molecule has 0 bridgehead atoms. The lowest BCUT2D eigenvalue weighted by atomic mass is 10.1. The third-order valence-electron chi connectivity index (χ3n) is 6.51. The molecule has 0 saturated heterocycles. The standard InChI is InChI=1S/C25H12N4OS/c30-25-15-9-3-6-12-18(15)28-16-10-4-1-7-13(16)19-21-22(27-31-26-21)20-14-8-2-5-11-17(14)29(25)24(20)23(19)28/h1-12H. The number of para-hydroxylation sites is 3. The van der Waals surface area contributed by atoms with Crippen LogP contribution < -0.4 is 5.56 Å². The van der Waals surface area contributed by atoms with Crippen molar-refractivity contribution >= 4 is 77.3 Å². The Hall–Kier alpha value is -4.03. The molecule has 0 fully saturated rings. The minimum absolute atomic E-state index is 0.0154. The number of hydrogen-bond donors (Lipinski definition) is 0. The molecule has 31 heavy (non-hydrogen) atoms. The van der Waals surface area contributed by atoms with Crippen LogP contribution in [-0.4, -0.2) is 17.5 Å². The molecule has 0 atom stereocenters. The number of rotatable bonds is 0. The van der Waals surface area contributed by atoms with Crippen LogP contribution in [-0.2, 0) is 0 Å². The average molecular weight is 416 g/mol. The van der Waals surface area contributed by atoms with Crippen LogP contribution in [0.25, 0.3) is 65.5 Å². The van der Waals surface area contributed by atoms with Gasteiger partial charge in [-0.15, -0.1) is 0 Å². The van der Waals surface area contributed by atoms with Gasteiger partial charge in [-0.2, -0.15) is 8.75 Å². The SMILES string of the molecule is O=c1c2ccccc2n2c3ccccc3c3c4nsnc4c4c5ccccc5n1c4c32. The van der Waals surface area contributed by atoms with E-state index >= 15 is 0 Å². The summed E-state index contributed by atoms with van der Waals surface area (Å²) in [6, 6.07) is 24.3. The first-order valence-electron chi connectivity index (χ1n) is 10.1. The minimum atomic E-state index is -0.0154. The number of benzene rings is 4. The normalized spacial score (nSPS) is 12.6. The van der Waals surface area contributed by atoms with Crippen LogP contribution in [0.3, 0.4) is 0 Å². The molecular formula is C25H12N4OS. The quantitative estimate of drug-likeness (QED) is 0.323. The second-order valence-electron chi connectivity index (χ2n) is 7.94. The van der Waals surface area contributed by atoms with E-state index in [0.29, 0.717) is 5.39 Å². The molecule has 8 aromatic rings. The van der Waals surface area contributed by atoms with Crippen molar-refractivity contribution < 1.29 is 0 Å². The van der Waals surface area contributed by atoms with Crippen molar-refractivity contribution in [3.8, 4) is 0 Å². The molecule has 4 heterocycles. The van der Waals surface area contributed by atoms with E-state index in [1.807, 2.05) is 52.9 Å². The van der Waals surface area contributed by atoms with Gasteiger partial charge >= 0.3 is 0 Å². The van der Waals surface area contributed by atoms with E-state index in [4.69, 9.17) is 8.75 Å². The van der Waals surface area contributed by atoms with Gasteiger partial charge in [-0.3, -0.25) is 9.20 Å². The van der Waals surface area contributed by atoms with Gasteiger partial charge in [-0.05, 0) is 24.3 Å². The molecule has 0 unspecified atom stereocenters. The molecule has 0 radical (unpaired) electrons. The van der Waals surface area contributed by atoms with Gasteiger partial charge in [0.2, 0.25) is 0 Å². The van der Waals surface area contributed by atoms with Gasteiger partial charge in [-0.25, -0.2) is 0 Å². The highest BCUT2D eigenvalue weighted by atomic mass is 32.1. The molecule has 4 aromatic heterocycles. The Kier molecular flexibility index (Phi) is 2.63. The lowest BCUT2D eigenvalue weighted by Gasteiger charge is -2.01. The fourth-order valence-corrected chi connectivity index (χ4v) is 5.92. The Morgan fingerprint density at radius 2 is 1.03 bits per heavy atom. The summed E-state index contributed by atoms with van der Waals surface area (Å²) in [4.78, 5) is 14.0. The van der Waals surface area contributed by atoms with E-state index < -0.39 is 0 Å². The van der Waals surface area contributed by atoms with Crippen LogP contribution in [0.1, 0.15) is 0 Å². The van der Waals surface area contributed by atoms with Gasteiger partial charge in [-0.1, -0.05) is 48.5 Å². The first-order valence-corrected chi connectivity index (χ1v) is 10.8. The molecule has 0 saturated carbocycles. The molecule has 8 rings (SSSR count). The highest BCUT2D eigenvalue weighted by Crippen LogP contribution is 2.43. The maximum Gasteiger partial charge on any atom is 0.265 e. The lowest BCUT2D eigenvalue weighted by molar-refractivity contribution is 1.22. The summed E-state index contributed by atoms with van der Waals surface area (Å²) >= 11 is 1.23. The van der Waals surface area contributed by atoms with Crippen molar-refractivity contribution in [2.24, 2.45) is 0 Å². The third kappa shape index (κ3) is 1.65. The molecule has 144 valence electrons. The summed E-state index contributed by atoms with van der Waals surface area (Å²) in [6.07, 6.45) is 0. The summed E-state index contributed by atoms with van der Waals surface area (Å²) in [5.74, 6) is 0. The van der Waals surface area contributed by atoms with E-state index in [1.54, 1.807) is 0 Å². The second kappa shape index (κ2) is 5.17. The van der Waals surface area contributed by atoms with Crippen molar-refractivity contribution in [1.82, 2.24) is 17.5 Å². The highest BCUT2D eigenvalue weighted by Gasteiger charge is 2.25. The van der Waals surface area contributed by atoms with Gasteiger partial charge in [0.1, 0.15) is 11.0 Å². The van der Waals surface area contributed by atoms with Gasteiger partial charge in [0.15, 0.2) is 0 Å². The molecule has 0 N–H and O–H groups in total. The van der Waals surface area contributed by atoms with E-state index in [0.717, 1.165) is 60.2 Å². The predicted octanol–water partition coefficient (Wildman–Crippen LogP) is 5.61. The van der Waals surface area contributed by atoms with Crippen molar-refractivity contribution in [2.75, 3.05) is 0 Å². The van der Waals surface area contributed by atoms with Gasteiger partial charge in [0.25, 0.3) is 5.56 Å². The van der Waals surface area contributed by atoms with Crippen LogP contribution in [0, 0.1) is 0 Å². The molecule has 0 spiro atoms. The summed E-state index contributed by atoms with van der Waals surface area (Å²) in [7, 11) is 0. The summed E-state index contributed by atoms with van der Waals surface area (Å²) in [6.45, 7) is 0. The Morgan fingerprint density at radius 3 is 1.65 bits per heavy atom. The Labute approximate surface area is 178 Å². The first kappa shape index (κ1) is 15.8. The molecule has 5 nitrogen and oxygen atoms in total. The summed E-state index contributed by atoms with van der Waals surface area (Å²) in [5.41, 5.74) is 6.55. The number of fused-ring (bicyclic) bond motifs is 11. The fraction of sp³-hybridized carbons (Fsp3) is 0. The smallest absolute Gasteiger partial charge is 0.265 e. The van der Waals surface area contributed by atoms with Gasteiger partial charge < -0.3 is 4.40 Å². The monoisotopic (exact) mass is 416 g/mol. The zero-order chi connectivity index (χ0) is 20.3. The van der Waals surface area contributed by atoms with Gasteiger partial charge in [0, 0.05) is 21.5 Å². The van der Waals surface area contributed by atoms with Crippen LogP contribution >= 0.6 is 11.7 Å². The number of nitrogens with zero attached hydrogens (tertiary/aromatic N) is 4. The fourth-order valence-electron chi connectivity index (χ4n) is 5.36. The Morgan fingerprint density at radius 1 is 0.581 bits per heavy atom. The van der Waals surface area contributed by atoms with E-state index in [9.17, 15) is 4.79 Å². The maximum atomic E-state index is 14.0. The molecule has 4 aromatic carbocycles. The minimum Gasteiger partial charge on any atom is -0.306 e. The zero-order valence-electron chi connectivity index (χ0n) is 16.0. The van der Waals surface area contributed by atoms with E-state index in [2.05, 4.69) is 28.7 Å². The van der Waals surface area contributed by atoms with Crippen LogP contribution in [0.15, 0.2) is 77.6 Å². The maximum absolute atomic E-state index is 14.0. The lowest BCUT2D eigenvalue weighted by Crippen LogP contribution is -2.09. The molecular weight excluding hydrogens is 404 g/mol. The van der Waals surface area contributed by atoms with Crippen molar-refractivity contribution in [1.29, 1.82) is 0 Å². The molecule has 0 aliphatic rings. The summed E-state index contributed by atoms with van der Waals surface area (Å²) in [5, 5.41) is 4.89. The zero-order valence-corrected chi connectivity index (χ0v) is 16.9. The van der Waals surface area contributed by atoms with Crippen LogP contribution in [0.2, 0.25) is 0 Å². The number of aromatic nitrogens is 4. The molecule has 0 amide bonds. The number of hydrogen-bond acceptors (Lipinski definition) is 4. The largest absolute Gasteiger partial charge is 0.306 e. The average Bonchev–Trinajstić information content (AvgIpc) is 3.48. The van der Waals surface area contributed by atoms with Crippen molar-refractivity contribution in [3.63, 3.8) is 0 Å². The van der Waals surface area contributed by atoms with Crippen LogP contribution in [0.5, 0.6) is 0 Å².